The molecule has 12 heavy (non-hydrogen) atoms. The first-order valence-electron chi connectivity index (χ1n) is 2.77. The molecule has 0 bridgehead atoms. The van der Waals surface area contributed by atoms with Crippen molar-refractivity contribution in [2.45, 2.75) is 6.92 Å². The first-order valence-corrected chi connectivity index (χ1v) is 2.77. The van der Waals surface area contributed by atoms with Gasteiger partial charge in [0, 0.05) is 12.4 Å². The van der Waals surface area contributed by atoms with Crippen molar-refractivity contribution in [3.63, 3.8) is 0 Å². The third-order valence-electron chi connectivity index (χ3n) is 0.997. The van der Waals surface area contributed by atoms with E-state index >= 15 is 0 Å². The molecule has 2 nitrogen and oxygen atoms in total. The van der Waals surface area contributed by atoms with Crippen LogP contribution in [0.25, 0.3) is 0 Å². The topological polar surface area (TPSA) is 25.8 Å². The van der Waals surface area contributed by atoms with Crippen LogP contribution in [0.15, 0.2) is 12.4 Å². The van der Waals surface area contributed by atoms with Crippen molar-refractivity contribution in [2.24, 2.45) is 0 Å². The molecule has 0 aliphatic rings. The summed E-state index contributed by atoms with van der Waals surface area (Å²) in [7, 11) is -2.52. The van der Waals surface area contributed by atoms with E-state index in [-0.39, 0.29) is 61.7 Å². The number of hydrogen-bond acceptors (Lipinski definition) is 2. The van der Waals surface area contributed by atoms with Crippen molar-refractivity contribution >= 4 is 12.9 Å². The van der Waals surface area contributed by atoms with Gasteiger partial charge in [0.15, 0.2) is 0 Å². The Morgan fingerprint density at radius 3 is 2.25 bits per heavy atom. The Hall–Kier alpha value is 0.571. The van der Waals surface area contributed by atoms with E-state index in [0.29, 0.717) is 5.69 Å². The Bertz CT molecular complexity index is 236. The molecule has 0 aliphatic carbocycles. The maximum Gasteiger partial charge on any atom is 1.00 e. The maximum absolute atomic E-state index is 11.8. The molecular formula is C5H5BF3KN2. The molecule has 0 aliphatic heterocycles. The van der Waals surface area contributed by atoms with Crippen LogP contribution in [0.3, 0.4) is 0 Å². The van der Waals surface area contributed by atoms with E-state index in [4.69, 9.17) is 0 Å². The van der Waals surface area contributed by atoms with E-state index in [1.165, 1.54) is 6.20 Å². The van der Waals surface area contributed by atoms with Crippen molar-refractivity contribution < 1.29 is 64.7 Å². The van der Waals surface area contributed by atoms with E-state index in [1.807, 2.05) is 0 Å². The van der Waals surface area contributed by atoms with Crippen molar-refractivity contribution in [1.29, 1.82) is 0 Å². The fourth-order valence-electron chi connectivity index (χ4n) is 0.588. The molecule has 1 aromatic rings. The minimum atomic E-state index is -2.52. The van der Waals surface area contributed by atoms with Gasteiger partial charge in [-0.2, -0.15) is 0 Å². The van der Waals surface area contributed by atoms with Gasteiger partial charge in [-0.25, -0.2) is 0 Å². The number of aryl methyl sites for hydroxylation is 1. The molecule has 0 atom stereocenters. The SMILES string of the molecule is Cc1cncc(B(F)F)n1.[F-].[K+]. The average molecular weight is 200 g/mol. The van der Waals surface area contributed by atoms with Gasteiger partial charge in [-0.3, -0.25) is 18.6 Å². The van der Waals surface area contributed by atoms with Gasteiger partial charge in [-0.1, -0.05) is 0 Å². The first-order chi connectivity index (χ1) is 4.70. The van der Waals surface area contributed by atoms with E-state index in [9.17, 15) is 8.63 Å². The molecule has 0 saturated carbocycles. The molecule has 0 unspecified atom stereocenters. The summed E-state index contributed by atoms with van der Waals surface area (Å²) in [5.41, 5.74) is 0.248. The monoisotopic (exact) mass is 200 g/mol. The molecule has 7 heteroatoms. The van der Waals surface area contributed by atoms with Crippen molar-refractivity contribution in [1.82, 2.24) is 9.97 Å². The second-order valence-corrected chi connectivity index (χ2v) is 1.89. The van der Waals surface area contributed by atoms with Crippen LogP contribution in [0.5, 0.6) is 0 Å². The zero-order chi connectivity index (χ0) is 7.56. The number of aromatic nitrogens is 2. The second-order valence-electron chi connectivity index (χ2n) is 1.89. The fraction of sp³-hybridized carbons (Fsp3) is 0.200. The van der Waals surface area contributed by atoms with Crippen LogP contribution in [-0.4, -0.2) is 17.2 Å². The van der Waals surface area contributed by atoms with Gasteiger partial charge >= 0.3 is 58.7 Å². The zero-order valence-corrected chi connectivity index (χ0v) is 9.88. The van der Waals surface area contributed by atoms with E-state index < -0.39 is 7.27 Å². The van der Waals surface area contributed by atoms with Crippen LogP contribution in [0.1, 0.15) is 5.69 Å². The molecule has 0 saturated heterocycles. The largest absolute Gasteiger partial charge is 1.00 e. The molecule has 0 radical (unpaired) electrons. The van der Waals surface area contributed by atoms with Gasteiger partial charge in [0.1, 0.15) is 0 Å². The minimum Gasteiger partial charge on any atom is -1.00 e. The third-order valence-corrected chi connectivity index (χ3v) is 0.997. The molecule has 0 spiro atoms. The molecule has 1 heterocycles. The third kappa shape index (κ3) is 4.56. The Morgan fingerprint density at radius 1 is 1.33 bits per heavy atom. The number of nitrogens with zero attached hydrogens (tertiary/aromatic N) is 2. The van der Waals surface area contributed by atoms with Gasteiger partial charge < -0.3 is 4.70 Å². The second kappa shape index (κ2) is 7.02. The standard InChI is InChI=1S/C5H5BF2N2.FH.K/c1-4-2-9-3-5(10-4)6(7)8;;/h2-3H,1H3;1H;/q;;+1/p-1. The van der Waals surface area contributed by atoms with E-state index in [1.54, 1.807) is 6.92 Å². The number of hydrogen-bond donors (Lipinski definition) is 0. The van der Waals surface area contributed by atoms with Crippen LogP contribution in [0.4, 0.5) is 8.63 Å². The molecular weight excluding hydrogens is 195 g/mol. The predicted molar refractivity (Wildman–Crippen MR) is 34.4 cm³/mol. The Balaban J connectivity index is 0. The smallest absolute Gasteiger partial charge is 1.00 e. The summed E-state index contributed by atoms with van der Waals surface area (Å²) in [6.45, 7) is 1.62. The van der Waals surface area contributed by atoms with E-state index in [2.05, 4.69) is 9.97 Å². The van der Waals surface area contributed by atoms with Gasteiger partial charge in [-0.15, -0.1) is 0 Å². The quantitative estimate of drug-likeness (QED) is 0.422. The van der Waals surface area contributed by atoms with Gasteiger partial charge in [0.2, 0.25) is 0 Å². The normalized spacial score (nSPS) is 7.92. The number of rotatable bonds is 1. The molecule has 60 valence electrons. The van der Waals surface area contributed by atoms with Crippen LogP contribution < -0.4 is 61.7 Å². The minimum absolute atomic E-state index is 0. The summed E-state index contributed by atoms with van der Waals surface area (Å²) in [6, 6.07) is 0. The summed E-state index contributed by atoms with van der Waals surface area (Å²) in [5.74, 6) is 0. The van der Waals surface area contributed by atoms with Crippen LogP contribution >= 0.6 is 0 Å². The summed E-state index contributed by atoms with van der Waals surface area (Å²) >= 11 is 0. The Morgan fingerprint density at radius 2 is 1.92 bits per heavy atom. The summed E-state index contributed by atoms with van der Waals surface area (Å²) in [6.07, 6.45) is 2.50. The predicted octanol–water partition coefficient (Wildman–Crippen LogP) is -5.57. The van der Waals surface area contributed by atoms with Gasteiger partial charge in [-0.05, 0) is 6.92 Å². The summed E-state index contributed by atoms with van der Waals surface area (Å²) < 4.78 is 23.7. The molecule has 1 aromatic heterocycles. The van der Waals surface area contributed by atoms with Crippen molar-refractivity contribution in [2.75, 3.05) is 0 Å². The summed E-state index contributed by atoms with van der Waals surface area (Å²) in [5, 5.41) is 0. The molecule has 1 rings (SSSR count). The molecule has 0 aromatic carbocycles. The molecule has 0 amide bonds. The average Bonchev–Trinajstić information content (AvgIpc) is 1.88. The van der Waals surface area contributed by atoms with Gasteiger partial charge in [0.05, 0.1) is 11.3 Å². The Kier molecular flexibility index (Phi) is 8.81. The molecule has 0 N–H and O–H groups in total. The number of halogens is 3. The van der Waals surface area contributed by atoms with Gasteiger partial charge in [0.25, 0.3) is 0 Å². The van der Waals surface area contributed by atoms with E-state index in [0.717, 1.165) is 6.20 Å². The summed E-state index contributed by atoms with van der Waals surface area (Å²) in [4.78, 5) is 7.12. The molecule has 0 fully saturated rings. The van der Waals surface area contributed by atoms with Crippen LogP contribution in [0, 0.1) is 6.92 Å². The fourth-order valence-corrected chi connectivity index (χ4v) is 0.588. The zero-order valence-electron chi connectivity index (χ0n) is 6.76. The Labute approximate surface area is 111 Å². The van der Waals surface area contributed by atoms with Crippen molar-refractivity contribution in [3.05, 3.63) is 18.1 Å². The maximum atomic E-state index is 11.8. The van der Waals surface area contributed by atoms with Crippen LogP contribution in [0.2, 0.25) is 0 Å². The van der Waals surface area contributed by atoms with Crippen LogP contribution in [-0.2, 0) is 0 Å². The van der Waals surface area contributed by atoms with Crippen molar-refractivity contribution in [3.8, 4) is 0 Å². The first kappa shape index (κ1) is 15.1.